The van der Waals surface area contributed by atoms with Crippen molar-refractivity contribution in [3.05, 3.63) is 65.2 Å². The van der Waals surface area contributed by atoms with Gasteiger partial charge in [-0.05, 0) is 44.4 Å². The number of carboxylic acids is 1. The first-order valence-electron chi connectivity index (χ1n) is 11.9. The van der Waals surface area contributed by atoms with Gasteiger partial charge in [-0.1, -0.05) is 50.2 Å². The average molecular weight is 476 g/mol. The fourth-order valence-corrected chi connectivity index (χ4v) is 4.45. The van der Waals surface area contributed by atoms with Gasteiger partial charge in [0.25, 0.3) is 11.8 Å². The van der Waals surface area contributed by atoms with Crippen LogP contribution in [0, 0.1) is 0 Å². The van der Waals surface area contributed by atoms with Crippen LogP contribution >= 0.6 is 0 Å². The largest absolute Gasteiger partial charge is 0.492 e. The van der Waals surface area contributed by atoms with E-state index in [1.807, 2.05) is 45.0 Å². The van der Waals surface area contributed by atoms with Crippen LogP contribution in [0.2, 0.25) is 0 Å². The molecule has 3 aromatic rings. The van der Waals surface area contributed by atoms with Gasteiger partial charge in [-0.2, -0.15) is 0 Å². The van der Waals surface area contributed by atoms with E-state index in [2.05, 4.69) is 0 Å². The van der Waals surface area contributed by atoms with Crippen LogP contribution in [0.3, 0.4) is 0 Å². The summed E-state index contributed by atoms with van der Waals surface area (Å²) in [5, 5.41) is 10.9. The summed E-state index contributed by atoms with van der Waals surface area (Å²) in [6.07, 6.45) is 0.952. The highest BCUT2D eigenvalue weighted by Gasteiger charge is 2.43. The van der Waals surface area contributed by atoms with Crippen molar-refractivity contribution in [1.82, 2.24) is 0 Å². The number of amides is 2. The Morgan fingerprint density at radius 2 is 1.49 bits per heavy atom. The standard InChI is InChI=1S/C28H29NO6/c1-5-15-34-24-20-9-7-8-10-21(20)25(35-16(3)4)23-22(24)26(30)29(27(23)31)18-13-11-17(12-14-18)19(6-2)28(32)33/h7-14,16,19H,5-6,15H2,1-4H3,(H,32,33). The average Bonchev–Trinajstić information content (AvgIpc) is 3.09. The summed E-state index contributed by atoms with van der Waals surface area (Å²) < 4.78 is 12.1. The van der Waals surface area contributed by atoms with Gasteiger partial charge in [0.2, 0.25) is 0 Å². The summed E-state index contributed by atoms with van der Waals surface area (Å²) in [5.74, 6) is -1.82. The van der Waals surface area contributed by atoms with Gasteiger partial charge in [0, 0.05) is 10.8 Å². The number of aliphatic carboxylic acids is 1. The highest BCUT2D eigenvalue weighted by atomic mass is 16.5. The topological polar surface area (TPSA) is 93.1 Å². The van der Waals surface area contributed by atoms with E-state index in [1.54, 1.807) is 31.2 Å². The maximum absolute atomic E-state index is 13.7. The van der Waals surface area contributed by atoms with Crippen molar-refractivity contribution < 1.29 is 29.0 Å². The summed E-state index contributed by atoms with van der Waals surface area (Å²) in [5.41, 5.74) is 1.36. The van der Waals surface area contributed by atoms with E-state index in [0.717, 1.165) is 11.3 Å². The summed E-state index contributed by atoms with van der Waals surface area (Å²) in [7, 11) is 0. The molecule has 1 unspecified atom stereocenters. The summed E-state index contributed by atoms with van der Waals surface area (Å²) >= 11 is 0. The molecule has 7 nitrogen and oxygen atoms in total. The Bertz CT molecular complexity index is 1300. The number of hydrogen-bond acceptors (Lipinski definition) is 5. The van der Waals surface area contributed by atoms with Crippen molar-refractivity contribution in [2.24, 2.45) is 0 Å². The van der Waals surface area contributed by atoms with Gasteiger partial charge in [0.05, 0.1) is 35.4 Å². The molecule has 35 heavy (non-hydrogen) atoms. The molecule has 1 atom stereocenters. The van der Waals surface area contributed by atoms with Crippen molar-refractivity contribution in [2.75, 3.05) is 11.5 Å². The van der Waals surface area contributed by atoms with Gasteiger partial charge < -0.3 is 14.6 Å². The molecule has 0 radical (unpaired) electrons. The number of benzene rings is 3. The zero-order valence-electron chi connectivity index (χ0n) is 20.3. The van der Waals surface area contributed by atoms with Crippen LogP contribution in [-0.2, 0) is 4.79 Å². The fourth-order valence-electron chi connectivity index (χ4n) is 4.45. The lowest BCUT2D eigenvalue weighted by molar-refractivity contribution is -0.138. The predicted molar refractivity (Wildman–Crippen MR) is 134 cm³/mol. The molecule has 1 aliphatic rings. The second-order valence-corrected chi connectivity index (χ2v) is 8.81. The van der Waals surface area contributed by atoms with E-state index in [1.165, 1.54) is 0 Å². The van der Waals surface area contributed by atoms with Crippen LogP contribution in [0.5, 0.6) is 11.5 Å². The Kier molecular flexibility index (Phi) is 6.78. The molecule has 0 saturated heterocycles. The number of carboxylic acid groups (broad SMARTS) is 1. The van der Waals surface area contributed by atoms with E-state index < -0.39 is 23.7 Å². The molecule has 0 aliphatic carbocycles. The summed E-state index contributed by atoms with van der Waals surface area (Å²) in [6, 6.07) is 14.0. The fraction of sp³-hybridized carbons (Fsp3) is 0.321. The van der Waals surface area contributed by atoms with Crippen LogP contribution in [0.4, 0.5) is 5.69 Å². The molecule has 2 amide bonds. The molecule has 1 N–H and O–H groups in total. The number of hydrogen-bond donors (Lipinski definition) is 1. The van der Waals surface area contributed by atoms with E-state index >= 15 is 0 Å². The zero-order chi connectivity index (χ0) is 25.3. The minimum absolute atomic E-state index is 0.189. The molecule has 0 spiro atoms. The Hall–Kier alpha value is -3.87. The minimum Gasteiger partial charge on any atom is -0.492 e. The molecule has 1 aliphatic heterocycles. The Morgan fingerprint density at radius 1 is 0.914 bits per heavy atom. The van der Waals surface area contributed by atoms with Gasteiger partial charge in [-0.15, -0.1) is 0 Å². The molecule has 4 rings (SSSR count). The maximum Gasteiger partial charge on any atom is 0.310 e. The second-order valence-electron chi connectivity index (χ2n) is 8.81. The number of nitrogens with zero attached hydrogens (tertiary/aromatic N) is 1. The second kappa shape index (κ2) is 9.78. The van der Waals surface area contributed by atoms with Crippen molar-refractivity contribution in [3.8, 4) is 11.5 Å². The highest BCUT2D eigenvalue weighted by Crippen LogP contribution is 2.46. The number of carbonyl (C=O) groups excluding carboxylic acids is 2. The van der Waals surface area contributed by atoms with Crippen LogP contribution in [0.25, 0.3) is 10.8 Å². The number of carbonyl (C=O) groups is 3. The molecule has 0 aromatic heterocycles. The Balaban J connectivity index is 1.89. The van der Waals surface area contributed by atoms with Crippen LogP contribution < -0.4 is 14.4 Å². The van der Waals surface area contributed by atoms with Crippen molar-refractivity contribution >= 4 is 34.2 Å². The molecular formula is C28H29NO6. The minimum atomic E-state index is -0.916. The molecule has 0 saturated carbocycles. The third-order valence-corrected chi connectivity index (χ3v) is 6.02. The van der Waals surface area contributed by atoms with E-state index in [4.69, 9.17) is 9.47 Å². The lowest BCUT2D eigenvalue weighted by Gasteiger charge is -2.18. The molecular weight excluding hydrogens is 446 g/mol. The third-order valence-electron chi connectivity index (χ3n) is 6.02. The lowest BCUT2D eigenvalue weighted by Crippen LogP contribution is -2.29. The van der Waals surface area contributed by atoms with E-state index in [-0.39, 0.29) is 17.2 Å². The summed E-state index contributed by atoms with van der Waals surface area (Å²) in [6.45, 7) is 7.90. The van der Waals surface area contributed by atoms with Gasteiger partial charge >= 0.3 is 5.97 Å². The van der Waals surface area contributed by atoms with Crippen molar-refractivity contribution in [2.45, 2.75) is 52.6 Å². The van der Waals surface area contributed by atoms with Gasteiger partial charge in [0.15, 0.2) is 0 Å². The SMILES string of the molecule is CCCOc1c2c(c(OC(C)C)c3ccccc13)C(=O)N(c1ccc(C(CC)C(=O)O)cc1)C2=O. The smallest absolute Gasteiger partial charge is 0.310 e. The lowest BCUT2D eigenvalue weighted by atomic mass is 9.96. The maximum atomic E-state index is 13.7. The van der Waals surface area contributed by atoms with E-state index in [0.29, 0.717) is 46.6 Å². The number of ether oxygens (including phenoxy) is 2. The van der Waals surface area contributed by atoms with Gasteiger partial charge in [-0.25, -0.2) is 4.90 Å². The number of imide groups is 1. The van der Waals surface area contributed by atoms with Crippen LogP contribution in [0.15, 0.2) is 48.5 Å². The molecule has 0 fully saturated rings. The quantitative estimate of drug-likeness (QED) is 0.394. The molecule has 7 heteroatoms. The highest BCUT2D eigenvalue weighted by molar-refractivity contribution is 6.38. The van der Waals surface area contributed by atoms with Gasteiger partial charge in [-0.3, -0.25) is 14.4 Å². The van der Waals surface area contributed by atoms with Gasteiger partial charge in [0.1, 0.15) is 11.5 Å². The molecule has 0 bridgehead atoms. The van der Waals surface area contributed by atoms with Crippen LogP contribution in [0.1, 0.15) is 72.7 Å². The van der Waals surface area contributed by atoms with Crippen LogP contribution in [-0.4, -0.2) is 35.6 Å². The summed E-state index contributed by atoms with van der Waals surface area (Å²) in [4.78, 5) is 40.1. The molecule has 3 aromatic carbocycles. The number of rotatable bonds is 9. The van der Waals surface area contributed by atoms with Crippen molar-refractivity contribution in [1.29, 1.82) is 0 Å². The molecule has 182 valence electrons. The predicted octanol–water partition coefficient (Wildman–Crippen LogP) is 5.79. The first kappa shape index (κ1) is 24.3. The number of fused-ring (bicyclic) bond motifs is 2. The monoisotopic (exact) mass is 475 g/mol. The number of anilines is 1. The first-order valence-corrected chi connectivity index (χ1v) is 11.9. The first-order chi connectivity index (χ1) is 16.8. The van der Waals surface area contributed by atoms with Crippen molar-refractivity contribution in [3.63, 3.8) is 0 Å². The van der Waals surface area contributed by atoms with E-state index in [9.17, 15) is 19.5 Å². The zero-order valence-corrected chi connectivity index (χ0v) is 20.3. The Morgan fingerprint density at radius 3 is 2.00 bits per heavy atom. The third kappa shape index (κ3) is 4.22. The normalized spacial score (nSPS) is 13.9. The molecule has 1 heterocycles. The Labute approximate surface area is 204 Å².